The normalized spacial score (nSPS) is 11.7. The SMILES string of the molecule is CCCCCCCCCCCCCCOc1ccc(CN(Cc2cccc[n+]2CC)S(=O)(=O)c2ccc(C)cc2)c(C)c1. The monoisotopic (exact) mass is 607 g/mol. The van der Waals surface area contributed by atoms with Crippen molar-refractivity contribution in [1.29, 1.82) is 0 Å². The second-order valence-corrected chi connectivity index (χ2v) is 13.8. The van der Waals surface area contributed by atoms with Crippen molar-refractivity contribution < 1.29 is 17.7 Å². The fraction of sp³-hybridized carbons (Fsp3) is 0.541. The first-order valence-corrected chi connectivity index (χ1v) is 18.1. The molecule has 0 amide bonds. The molecule has 6 heteroatoms. The molecule has 0 bridgehead atoms. The molecular weight excluding hydrogens is 552 g/mol. The molecule has 1 aromatic heterocycles. The summed E-state index contributed by atoms with van der Waals surface area (Å²) in [5.74, 6) is 0.851. The number of pyridine rings is 1. The molecule has 3 aromatic rings. The van der Waals surface area contributed by atoms with Crippen LogP contribution in [0.25, 0.3) is 0 Å². The lowest BCUT2D eigenvalue weighted by molar-refractivity contribution is -0.701. The van der Waals surface area contributed by atoms with Gasteiger partial charge in [0.25, 0.3) is 0 Å². The zero-order valence-electron chi connectivity index (χ0n) is 27.2. The minimum Gasteiger partial charge on any atom is -0.494 e. The van der Waals surface area contributed by atoms with Crippen LogP contribution in [0, 0.1) is 13.8 Å². The summed E-state index contributed by atoms with van der Waals surface area (Å²) in [5.41, 5.74) is 4.01. The Bertz CT molecular complexity index is 1320. The van der Waals surface area contributed by atoms with Gasteiger partial charge >= 0.3 is 0 Å². The average molecular weight is 608 g/mol. The molecule has 236 valence electrons. The molecule has 0 saturated heterocycles. The van der Waals surface area contributed by atoms with Crippen molar-refractivity contribution >= 4 is 10.0 Å². The third-order valence-electron chi connectivity index (χ3n) is 8.30. The van der Waals surface area contributed by atoms with Crippen LogP contribution in [0.1, 0.15) is 113 Å². The predicted molar refractivity (Wildman–Crippen MR) is 178 cm³/mol. The Balaban J connectivity index is 1.53. The highest BCUT2D eigenvalue weighted by Crippen LogP contribution is 2.25. The van der Waals surface area contributed by atoms with Crippen LogP contribution in [0.15, 0.2) is 71.8 Å². The van der Waals surface area contributed by atoms with E-state index in [1.807, 2.05) is 68.6 Å². The maximum Gasteiger partial charge on any atom is 0.243 e. The molecular formula is C37H55N2O3S+. The molecule has 0 atom stereocenters. The van der Waals surface area contributed by atoms with Gasteiger partial charge in [0, 0.05) is 18.7 Å². The van der Waals surface area contributed by atoms with Crippen LogP contribution in [0.5, 0.6) is 5.75 Å². The summed E-state index contributed by atoms with van der Waals surface area (Å²) in [4.78, 5) is 0.317. The molecule has 3 rings (SSSR count). The van der Waals surface area contributed by atoms with Gasteiger partial charge in [-0.3, -0.25) is 0 Å². The largest absolute Gasteiger partial charge is 0.494 e. The molecule has 0 unspecified atom stereocenters. The van der Waals surface area contributed by atoms with Crippen molar-refractivity contribution in [3.8, 4) is 5.75 Å². The summed E-state index contributed by atoms with van der Waals surface area (Å²) in [6.07, 6.45) is 17.9. The molecule has 0 aliphatic carbocycles. The zero-order chi connectivity index (χ0) is 30.9. The molecule has 0 spiro atoms. The van der Waals surface area contributed by atoms with Crippen LogP contribution in [-0.2, 0) is 29.7 Å². The second kappa shape index (κ2) is 18.9. The number of benzene rings is 2. The van der Waals surface area contributed by atoms with E-state index in [0.717, 1.165) is 47.7 Å². The van der Waals surface area contributed by atoms with Gasteiger partial charge in [-0.15, -0.1) is 0 Å². The summed E-state index contributed by atoms with van der Waals surface area (Å²) in [5, 5.41) is 0. The van der Waals surface area contributed by atoms with E-state index < -0.39 is 10.0 Å². The Morgan fingerprint density at radius 2 is 1.35 bits per heavy atom. The molecule has 2 aromatic carbocycles. The van der Waals surface area contributed by atoms with Crippen LogP contribution < -0.4 is 9.30 Å². The highest BCUT2D eigenvalue weighted by molar-refractivity contribution is 7.89. The summed E-state index contributed by atoms with van der Waals surface area (Å²) in [7, 11) is -3.71. The number of ether oxygens (including phenoxy) is 1. The van der Waals surface area contributed by atoms with Crippen LogP contribution in [0.3, 0.4) is 0 Å². The predicted octanol–water partition coefficient (Wildman–Crippen LogP) is 9.08. The van der Waals surface area contributed by atoms with Gasteiger partial charge in [0.15, 0.2) is 11.9 Å². The zero-order valence-corrected chi connectivity index (χ0v) is 28.0. The Kier molecular flexibility index (Phi) is 15.3. The van der Waals surface area contributed by atoms with E-state index in [9.17, 15) is 8.42 Å². The highest BCUT2D eigenvalue weighted by Gasteiger charge is 2.28. The van der Waals surface area contributed by atoms with Gasteiger partial charge in [-0.25, -0.2) is 13.0 Å². The van der Waals surface area contributed by atoms with Gasteiger partial charge in [-0.2, -0.15) is 4.31 Å². The number of rotatable bonds is 21. The van der Waals surface area contributed by atoms with E-state index in [0.29, 0.717) is 18.0 Å². The summed E-state index contributed by atoms with van der Waals surface area (Å²) >= 11 is 0. The smallest absolute Gasteiger partial charge is 0.243 e. The maximum atomic E-state index is 13.9. The molecule has 0 radical (unpaired) electrons. The number of unbranched alkanes of at least 4 members (excludes halogenated alkanes) is 11. The summed E-state index contributed by atoms with van der Waals surface area (Å²) < 4.78 is 37.5. The Morgan fingerprint density at radius 1 is 0.721 bits per heavy atom. The quantitative estimate of drug-likeness (QED) is 0.0896. The number of aryl methyl sites for hydroxylation is 3. The van der Waals surface area contributed by atoms with Gasteiger partial charge < -0.3 is 4.74 Å². The van der Waals surface area contributed by atoms with Gasteiger partial charge in [-0.1, -0.05) is 107 Å². The Morgan fingerprint density at radius 3 is 1.95 bits per heavy atom. The summed E-state index contributed by atoms with van der Waals surface area (Å²) in [6, 6.07) is 19.1. The fourth-order valence-corrected chi connectivity index (χ4v) is 6.88. The van der Waals surface area contributed by atoms with E-state index in [2.05, 4.69) is 18.4 Å². The molecule has 0 aliphatic heterocycles. The Hall–Kier alpha value is -2.70. The molecule has 43 heavy (non-hydrogen) atoms. The number of hydrogen-bond acceptors (Lipinski definition) is 3. The van der Waals surface area contributed by atoms with Crippen molar-refractivity contribution in [1.82, 2.24) is 4.31 Å². The first kappa shape index (κ1) is 34.8. The van der Waals surface area contributed by atoms with E-state index in [1.165, 1.54) is 70.6 Å². The van der Waals surface area contributed by atoms with Crippen molar-refractivity contribution in [3.63, 3.8) is 0 Å². The highest BCUT2D eigenvalue weighted by atomic mass is 32.2. The molecule has 0 fully saturated rings. The minimum absolute atomic E-state index is 0.291. The van der Waals surface area contributed by atoms with Gasteiger partial charge in [0.1, 0.15) is 12.3 Å². The van der Waals surface area contributed by atoms with Gasteiger partial charge in [0.2, 0.25) is 10.0 Å². The second-order valence-electron chi connectivity index (χ2n) is 11.9. The number of sulfonamides is 1. The third-order valence-corrected chi connectivity index (χ3v) is 10.1. The van der Waals surface area contributed by atoms with E-state index in [1.54, 1.807) is 16.4 Å². The Labute approximate surface area is 262 Å². The van der Waals surface area contributed by atoms with Crippen molar-refractivity contribution in [2.75, 3.05) is 6.61 Å². The van der Waals surface area contributed by atoms with Crippen LogP contribution in [0.4, 0.5) is 0 Å². The van der Waals surface area contributed by atoms with Crippen molar-refractivity contribution in [2.24, 2.45) is 0 Å². The third kappa shape index (κ3) is 11.7. The average Bonchev–Trinajstić information content (AvgIpc) is 3.00. The van der Waals surface area contributed by atoms with Crippen molar-refractivity contribution in [3.05, 3.63) is 89.2 Å². The van der Waals surface area contributed by atoms with E-state index >= 15 is 0 Å². The van der Waals surface area contributed by atoms with Crippen molar-refractivity contribution in [2.45, 2.75) is 129 Å². The van der Waals surface area contributed by atoms with Crippen LogP contribution in [0.2, 0.25) is 0 Å². The number of aromatic nitrogens is 1. The lowest BCUT2D eigenvalue weighted by Gasteiger charge is -2.23. The van der Waals surface area contributed by atoms with Crippen LogP contribution in [-0.4, -0.2) is 19.3 Å². The summed E-state index contributed by atoms with van der Waals surface area (Å²) in [6.45, 7) is 10.4. The topological polar surface area (TPSA) is 50.5 Å². The van der Waals surface area contributed by atoms with E-state index in [-0.39, 0.29) is 0 Å². The molecule has 1 heterocycles. The molecule has 0 saturated carbocycles. The maximum absolute atomic E-state index is 13.9. The lowest BCUT2D eigenvalue weighted by atomic mass is 10.1. The fourth-order valence-electron chi connectivity index (χ4n) is 5.49. The lowest BCUT2D eigenvalue weighted by Crippen LogP contribution is -2.41. The molecule has 0 N–H and O–H groups in total. The standard InChI is InChI=1S/C37H55N2O3S/c1-5-7-8-9-10-11-12-13-14-15-16-19-28-42-36-24-23-34(33(4)29-36)30-39(31-35-20-17-18-27-38(35)6-2)43(40,41)37-25-21-32(3)22-26-37/h17-18,20-27,29H,5-16,19,28,30-31H2,1-4H3/q+1. The first-order chi connectivity index (χ1) is 20.8. The van der Waals surface area contributed by atoms with Crippen LogP contribution >= 0.6 is 0 Å². The molecule has 5 nitrogen and oxygen atoms in total. The number of hydrogen-bond donors (Lipinski definition) is 0. The number of nitrogens with zero attached hydrogens (tertiary/aromatic N) is 2. The first-order valence-electron chi connectivity index (χ1n) is 16.6. The minimum atomic E-state index is -3.71. The van der Waals surface area contributed by atoms with E-state index in [4.69, 9.17) is 4.74 Å². The van der Waals surface area contributed by atoms with Gasteiger partial charge in [0.05, 0.1) is 18.0 Å². The molecule has 0 aliphatic rings. The van der Waals surface area contributed by atoms with Gasteiger partial charge in [-0.05, 0) is 62.6 Å².